The standard InChI is InChI=1S/C18H19N7O/c1-11(2)22-15-5-4-13(8-19-15)17-23-16(26-24-17)10-25-18-14(9-21-25)6-12(3)7-20-18/h4-9,11H,10H2,1-3H3,(H,19,22). The van der Waals surface area contributed by atoms with Gasteiger partial charge in [0.05, 0.1) is 6.20 Å². The van der Waals surface area contributed by atoms with E-state index in [1.807, 2.05) is 31.3 Å². The summed E-state index contributed by atoms with van der Waals surface area (Å²) in [6.07, 6.45) is 5.34. The van der Waals surface area contributed by atoms with E-state index in [2.05, 4.69) is 44.4 Å². The summed E-state index contributed by atoms with van der Waals surface area (Å²) in [4.78, 5) is 13.2. The maximum Gasteiger partial charge on any atom is 0.248 e. The molecule has 0 aromatic carbocycles. The first-order chi connectivity index (χ1) is 12.6. The minimum Gasteiger partial charge on any atom is -0.368 e. The molecule has 0 spiro atoms. The molecule has 0 saturated heterocycles. The molecule has 132 valence electrons. The van der Waals surface area contributed by atoms with Crippen LogP contribution in [-0.2, 0) is 6.54 Å². The van der Waals surface area contributed by atoms with Crippen molar-refractivity contribution in [1.82, 2.24) is 29.9 Å². The number of rotatable bonds is 5. The van der Waals surface area contributed by atoms with Gasteiger partial charge >= 0.3 is 0 Å². The Morgan fingerprint density at radius 2 is 2.04 bits per heavy atom. The fraction of sp³-hybridized carbons (Fsp3) is 0.278. The van der Waals surface area contributed by atoms with E-state index in [4.69, 9.17) is 4.52 Å². The predicted octanol–water partition coefficient (Wildman–Crippen LogP) is 3.05. The van der Waals surface area contributed by atoms with E-state index in [1.54, 1.807) is 17.1 Å². The Labute approximate surface area is 150 Å². The van der Waals surface area contributed by atoms with E-state index in [0.717, 1.165) is 28.0 Å². The Hall–Kier alpha value is -3.29. The minimum absolute atomic E-state index is 0.325. The van der Waals surface area contributed by atoms with Gasteiger partial charge in [-0.1, -0.05) is 5.16 Å². The number of nitrogens with zero attached hydrogens (tertiary/aromatic N) is 6. The maximum atomic E-state index is 5.37. The number of aryl methyl sites for hydroxylation is 1. The smallest absolute Gasteiger partial charge is 0.248 e. The molecule has 0 fully saturated rings. The topological polar surface area (TPSA) is 94.6 Å². The number of pyridine rings is 2. The van der Waals surface area contributed by atoms with Crippen molar-refractivity contribution >= 4 is 16.9 Å². The van der Waals surface area contributed by atoms with E-state index in [1.165, 1.54) is 0 Å². The van der Waals surface area contributed by atoms with Crippen molar-refractivity contribution in [1.29, 1.82) is 0 Å². The fourth-order valence-corrected chi connectivity index (χ4v) is 2.67. The second kappa shape index (κ2) is 6.55. The minimum atomic E-state index is 0.325. The van der Waals surface area contributed by atoms with E-state index < -0.39 is 0 Å². The zero-order valence-electron chi connectivity index (χ0n) is 14.8. The predicted molar refractivity (Wildman–Crippen MR) is 97.7 cm³/mol. The molecule has 0 amide bonds. The number of anilines is 1. The van der Waals surface area contributed by atoms with Gasteiger partial charge in [-0.05, 0) is 44.5 Å². The highest BCUT2D eigenvalue weighted by molar-refractivity contribution is 5.74. The molecule has 4 rings (SSSR count). The molecule has 0 saturated carbocycles. The molecule has 0 aliphatic carbocycles. The SMILES string of the molecule is Cc1cnc2c(cnn2Cc2nc(-c3ccc(NC(C)C)nc3)no2)c1. The summed E-state index contributed by atoms with van der Waals surface area (Å²) in [5, 5.41) is 12.6. The lowest BCUT2D eigenvalue weighted by Crippen LogP contribution is -2.10. The van der Waals surface area contributed by atoms with E-state index in [0.29, 0.717) is 24.3 Å². The lowest BCUT2D eigenvalue weighted by atomic mass is 10.2. The molecule has 1 N–H and O–H groups in total. The van der Waals surface area contributed by atoms with Crippen LogP contribution < -0.4 is 5.32 Å². The molecule has 0 atom stereocenters. The van der Waals surface area contributed by atoms with Crippen LogP contribution in [0.4, 0.5) is 5.82 Å². The normalized spacial score (nSPS) is 11.4. The zero-order chi connectivity index (χ0) is 18.1. The highest BCUT2D eigenvalue weighted by Crippen LogP contribution is 2.18. The highest BCUT2D eigenvalue weighted by atomic mass is 16.5. The Morgan fingerprint density at radius 3 is 2.81 bits per heavy atom. The monoisotopic (exact) mass is 349 g/mol. The van der Waals surface area contributed by atoms with Crippen LogP contribution in [0.5, 0.6) is 0 Å². The van der Waals surface area contributed by atoms with Gasteiger partial charge in [-0.25, -0.2) is 14.6 Å². The average molecular weight is 349 g/mol. The summed E-state index contributed by atoms with van der Waals surface area (Å²) in [7, 11) is 0. The molecule has 0 radical (unpaired) electrons. The second-order valence-electron chi connectivity index (χ2n) is 6.47. The largest absolute Gasteiger partial charge is 0.368 e. The van der Waals surface area contributed by atoms with Gasteiger partial charge in [-0.2, -0.15) is 10.1 Å². The molecule has 0 aliphatic rings. The van der Waals surface area contributed by atoms with Crippen molar-refractivity contribution in [3.63, 3.8) is 0 Å². The average Bonchev–Trinajstić information content (AvgIpc) is 3.23. The summed E-state index contributed by atoms with van der Waals surface area (Å²) in [6.45, 7) is 6.50. The van der Waals surface area contributed by atoms with E-state index in [9.17, 15) is 0 Å². The first kappa shape index (κ1) is 16.2. The van der Waals surface area contributed by atoms with Crippen LogP contribution in [-0.4, -0.2) is 35.9 Å². The molecule has 4 heterocycles. The molecular weight excluding hydrogens is 330 g/mol. The molecule has 0 unspecified atom stereocenters. The number of fused-ring (bicyclic) bond motifs is 1. The third-order valence-electron chi connectivity index (χ3n) is 3.82. The van der Waals surface area contributed by atoms with E-state index in [-0.39, 0.29) is 0 Å². The van der Waals surface area contributed by atoms with Crippen molar-refractivity contribution in [2.45, 2.75) is 33.4 Å². The molecule has 8 heteroatoms. The highest BCUT2D eigenvalue weighted by Gasteiger charge is 2.12. The van der Waals surface area contributed by atoms with Gasteiger partial charge in [0.15, 0.2) is 5.65 Å². The maximum absolute atomic E-state index is 5.37. The summed E-state index contributed by atoms with van der Waals surface area (Å²) in [5.74, 6) is 1.79. The van der Waals surface area contributed by atoms with Crippen molar-refractivity contribution in [2.75, 3.05) is 5.32 Å². The molecule has 4 aromatic rings. The van der Waals surface area contributed by atoms with Crippen LogP contribution >= 0.6 is 0 Å². The lowest BCUT2D eigenvalue weighted by molar-refractivity contribution is 0.367. The van der Waals surface area contributed by atoms with Gasteiger partial charge in [0.25, 0.3) is 0 Å². The van der Waals surface area contributed by atoms with Crippen molar-refractivity contribution < 1.29 is 4.52 Å². The van der Waals surface area contributed by atoms with Crippen molar-refractivity contribution in [3.8, 4) is 11.4 Å². The zero-order valence-corrected chi connectivity index (χ0v) is 14.8. The van der Waals surface area contributed by atoms with Gasteiger partial charge in [0.1, 0.15) is 12.4 Å². The van der Waals surface area contributed by atoms with Gasteiger partial charge in [0, 0.05) is 29.4 Å². The molecule has 8 nitrogen and oxygen atoms in total. The second-order valence-corrected chi connectivity index (χ2v) is 6.47. The molecular formula is C18H19N7O. The Morgan fingerprint density at radius 1 is 1.15 bits per heavy atom. The molecule has 4 aromatic heterocycles. The number of hydrogen-bond donors (Lipinski definition) is 1. The molecule has 26 heavy (non-hydrogen) atoms. The van der Waals surface area contributed by atoms with Gasteiger partial charge in [0.2, 0.25) is 11.7 Å². The van der Waals surface area contributed by atoms with Crippen LogP contribution in [0.3, 0.4) is 0 Å². The third kappa shape index (κ3) is 3.26. The quantitative estimate of drug-likeness (QED) is 0.591. The molecule has 0 bridgehead atoms. The van der Waals surface area contributed by atoms with Crippen LogP contribution in [0.2, 0.25) is 0 Å². The van der Waals surface area contributed by atoms with Gasteiger partial charge in [-0.15, -0.1) is 0 Å². The molecule has 0 aliphatic heterocycles. The number of aromatic nitrogens is 6. The fourth-order valence-electron chi connectivity index (χ4n) is 2.67. The van der Waals surface area contributed by atoms with Crippen LogP contribution in [0.1, 0.15) is 25.3 Å². The van der Waals surface area contributed by atoms with Crippen LogP contribution in [0, 0.1) is 6.92 Å². The summed E-state index contributed by atoms with van der Waals surface area (Å²) in [6, 6.07) is 6.19. The summed E-state index contributed by atoms with van der Waals surface area (Å²) < 4.78 is 7.12. The summed E-state index contributed by atoms with van der Waals surface area (Å²) in [5.41, 5.74) is 2.69. The first-order valence-corrected chi connectivity index (χ1v) is 8.42. The Bertz CT molecular complexity index is 1030. The van der Waals surface area contributed by atoms with Gasteiger partial charge in [-0.3, -0.25) is 0 Å². The Kier molecular flexibility index (Phi) is 4.08. The first-order valence-electron chi connectivity index (χ1n) is 8.42. The van der Waals surface area contributed by atoms with Crippen LogP contribution in [0.25, 0.3) is 22.4 Å². The number of nitrogens with one attached hydrogen (secondary N) is 1. The lowest BCUT2D eigenvalue weighted by Gasteiger charge is -2.08. The van der Waals surface area contributed by atoms with Gasteiger partial charge < -0.3 is 9.84 Å². The van der Waals surface area contributed by atoms with E-state index >= 15 is 0 Å². The summed E-state index contributed by atoms with van der Waals surface area (Å²) >= 11 is 0. The third-order valence-corrected chi connectivity index (χ3v) is 3.82. The van der Waals surface area contributed by atoms with Crippen LogP contribution in [0.15, 0.2) is 41.3 Å². The van der Waals surface area contributed by atoms with Crippen molar-refractivity contribution in [2.24, 2.45) is 0 Å². The van der Waals surface area contributed by atoms with Crippen molar-refractivity contribution in [3.05, 3.63) is 48.2 Å². The Balaban J connectivity index is 1.54. The number of hydrogen-bond acceptors (Lipinski definition) is 7.